The Morgan fingerprint density at radius 2 is 1.83 bits per heavy atom. The highest BCUT2D eigenvalue weighted by molar-refractivity contribution is 5.77. The number of nitrogens with zero attached hydrogens (tertiary/aromatic N) is 5. The minimum Gasteiger partial charge on any atom is -0.324 e. The fourth-order valence-electron chi connectivity index (χ4n) is 4.80. The van der Waals surface area contributed by atoms with Crippen molar-refractivity contribution < 1.29 is 0 Å². The molecule has 180 valence electrons. The SMILES string of the molecule is CC(C)(C)c1cc(-n2c3nc(Nc4ccc5c(c4)CCNCC5)ncc3c(=O)n2C2CC2)ccn1. The number of nitrogens with one attached hydrogen (secondary N) is 2. The molecule has 0 amide bonds. The zero-order valence-corrected chi connectivity index (χ0v) is 20.5. The first-order chi connectivity index (χ1) is 16.9. The lowest BCUT2D eigenvalue weighted by molar-refractivity contribution is 0.549. The molecule has 0 atom stereocenters. The van der Waals surface area contributed by atoms with Crippen molar-refractivity contribution in [1.29, 1.82) is 0 Å². The van der Waals surface area contributed by atoms with Gasteiger partial charge in [0.25, 0.3) is 5.56 Å². The second-order valence-electron chi connectivity index (χ2n) is 10.6. The summed E-state index contributed by atoms with van der Waals surface area (Å²) in [5.41, 5.74) is 6.03. The average Bonchev–Trinajstić information content (AvgIpc) is 3.66. The van der Waals surface area contributed by atoms with Crippen LogP contribution in [0.4, 0.5) is 11.6 Å². The molecule has 8 heteroatoms. The van der Waals surface area contributed by atoms with E-state index in [1.807, 2.05) is 21.6 Å². The highest BCUT2D eigenvalue weighted by Gasteiger charge is 2.31. The predicted molar refractivity (Wildman–Crippen MR) is 138 cm³/mol. The predicted octanol–water partition coefficient (Wildman–Crippen LogP) is 4.04. The van der Waals surface area contributed by atoms with Gasteiger partial charge in [-0.3, -0.25) is 9.78 Å². The van der Waals surface area contributed by atoms with Crippen LogP contribution in [0.15, 0.2) is 47.5 Å². The van der Waals surface area contributed by atoms with Gasteiger partial charge in [-0.05, 0) is 74.2 Å². The summed E-state index contributed by atoms with van der Waals surface area (Å²) in [5.74, 6) is 0.482. The minimum atomic E-state index is -0.105. The summed E-state index contributed by atoms with van der Waals surface area (Å²) >= 11 is 0. The Kier molecular flexibility index (Phi) is 5.21. The van der Waals surface area contributed by atoms with Crippen LogP contribution in [0.1, 0.15) is 56.5 Å². The molecule has 1 aliphatic carbocycles. The number of rotatable bonds is 4. The molecule has 2 N–H and O–H groups in total. The fraction of sp³-hybridized carbons (Fsp3) is 0.407. The van der Waals surface area contributed by atoms with Crippen molar-refractivity contribution in [3.63, 3.8) is 0 Å². The lowest BCUT2D eigenvalue weighted by Crippen LogP contribution is -2.22. The van der Waals surface area contributed by atoms with E-state index < -0.39 is 0 Å². The second kappa shape index (κ2) is 8.30. The van der Waals surface area contributed by atoms with Crippen molar-refractivity contribution >= 4 is 22.7 Å². The van der Waals surface area contributed by atoms with Crippen molar-refractivity contribution in [3.8, 4) is 5.69 Å². The third kappa shape index (κ3) is 4.12. The number of fused-ring (bicyclic) bond motifs is 2. The largest absolute Gasteiger partial charge is 0.324 e. The molecule has 1 fully saturated rings. The monoisotopic (exact) mass is 469 g/mol. The van der Waals surface area contributed by atoms with Crippen LogP contribution in [0.5, 0.6) is 0 Å². The Balaban J connectivity index is 1.45. The molecule has 1 aromatic carbocycles. The molecule has 0 saturated heterocycles. The minimum absolute atomic E-state index is 0.0410. The van der Waals surface area contributed by atoms with Gasteiger partial charge in [0.05, 0.1) is 11.7 Å². The highest BCUT2D eigenvalue weighted by Crippen LogP contribution is 2.36. The Morgan fingerprint density at radius 3 is 2.60 bits per heavy atom. The topological polar surface area (TPSA) is 89.7 Å². The standard InChI is InChI=1S/C27H31N7O/c1-27(2,3)23-15-21(10-13-29-23)33-24-22(25(35)34(33)20-6-7-20)16-30-26(32-24)31-19-5-4-17-8-11-28-12-9-18(17)14-19/h4-5,10,13-16,20,28H,6-9,11-12H2,1-3H3,(H,30,31,32). The molecule has 2 aliphatic rings. The lowest BCUT2D eigenvalue weighted by Gasteiger charge is -2.19. The summed E-state index contributed by atoms with van der Waals surface area (Å²) < 4.78 is 3.81. The van der Waals surface area contributed by atoms with Crippen molar-refractivity contribution in [3.05, 3.63) is 69.9 Å². The zero-order valence-electron chi connectivity index (χ0n) is 20.5. The molecule has 4 heterocycles. The molecular formula is C27H31N7O. The quantitative estimate of drug-likeness (QED) is 0.469. The summed E-state index contributed by atoms with van der Waals surface area (Å²) in [4.78, 5) is 27.3. The molecule has 0 spiro atoms. The summed E-state index contributed by atoms with van der Waals surface area (Å²) in [7, 11) is 0. The lowest BCUT2D eigenvalue weighted by atomic mass is 9.91. The molecule has 35 heavy (non-hydrogen) atoms. The van der Waals surface area contributed by atoms with Gasteiger partial charge in [-0.15, -0.1) is 0 Å². The molecular weight excluding hydrogens is 438 g/mol. The van der Waals surface area contributed by atoms with E-state index in [-0.39, 0.29) is 17.0 Å². The van der Waals surface area contributed by atoms with Crippen LogP contribution in [-0.4, -0.2) is 37.4 Å². The van der Waals surface area contributed by atoms with Gasteiger partial charge in [-0.2, -0.15) is 4.98 Å². The first kappa shape index (κ1) is 22.0. The van der Waals surface area contributed by atoms with E-state index in [2.05, 4.69) is 65.6 Å². The van der Waals surface area contributed by atoms with Crippen molar-refractivity contribution in [1.82, 2.24) is 29.6 Å². The Labute approximate surface area is 204 Å². The smallest absolute Gasteiger partial charge is 0.278 e. The Hall–Kier alpha value is -3.52. The molecule has 0 bridgehead atoms. The third-order valence-electron chi connectivity index (χ3n) is 6.88. The van der Waals surface area contributed by atoms with Crippen molar-refractivity contribution in [2.45, 2.75) is 57.9 Å². The second-order valence-corrected chi connectivity index (χ2v) is 10.6. The highest BCUT2D eigenvalue weighted by atomic mass is 16.1. The van der Waals surface area contributed by atoms with Gasteiger partial charge in [-0.1, -0.05) is 26.8 Å². The Morgan fingerprint density at radius 1 is 1.03 bits per heavy atom. The van der Waals surface area contributed by atoms with E-state index in [0.29, 0.717) is 17.0 Å². The number of hydrogen-bond acceptors (Lipinski definition) is 6. The van der Waals surface area contributed by atoms with Crippen LogP contribution < -0.4 is 16.2 Å². The van der Waals surface area contributed by atoms with Crippen LogP contribution in [0.2, 0.25) is 0 Å². The summed E-state index contributed by atoms with van der Waals surface area (Å²) in [6.07, 6.45) is 7.51. The van der Waals surface area contributed by atoms with E-state index in [1.165, 1.54) is 11.1 Å². The van der Waals surface area contributed by atoms with Gasteiger partial charge in [0.1, 0.15) is 5.39 Å². The average molecular weight is 470 g/mol. The summed E-state index contributed by atoms with van der Waals surface area (Å²) in [5, 5.41) is 7.36. The number of benzene rings is 1. The van der Waals surface area contributed by atoms with Gasteiger partial charge < -0.3 is 10.6 Å². The van der Waals surface area contributed by atoms with Crippen LogP contribution >= 0.6 is 0 Å². The number of anilines is 2. The zero-order chi connectivity index (χ0) is 24.2. The molecule has 4 aromatic rings. The van der Waals surface area contributed by atoms with Crippen LogP contribution in [0.3, 0.4) is 0 Å². The van der Waals surface area contributed by atoms with Gasteiger partial charge in [-0.25, -0.2) is 14.3 Å². The summed E-state index contributed by atoms with van der Waals surface area (Å²) in [6, 6.07) is 10.7. The maximum Gasteiger partial charge on any atom is 0.278 e. The molecule has 6 rings (SSSR count). The molecule has 3 aromatic heterocycles. The molecule has 1 saturated carbocycles. The number of aromatic nitrogens is 5. The summed E-state index contributed by atoms with van der Waals surface area (Å²) in [6.45, 7) is 8.42. The van der Waals surface area contributed by atoms with E-state index in [9.17, 15) is 4.79 Å². The van der Waals surface area contributed by atoms with Gasteiger partial charge in [0, 0.05) is 29.2 Å². The maximum atomic E-state index is 13.4. The van der Waals surface area contributed by atoms with Crippen molar-refractivity contribution in [2.24, 2.45) is 0 Å². The molecule has 1 aliphatic heterocycles. The maximum absolute atomic E-state index is 13.4. The number of pyridine rings is 1. The normalized spacial score (nSPS) is 16.2. The van der Waals surface area contributed by atoms with Gasteiger partial charge in [0.15, 0.2) is 5.65 Å². The van der Waals surface area contributed by atoms with Crippen LogP contribution in [-0.2, 0) is 18.3 Å². The fourth-order valence-corrected chi connectivity index (χ4v) is 4.80. The van der Waals surface area contributed by atoms with Crippen LogP contribution in [0.25, 0.3) is 16.7 Å². The molecule has 0 radical (unpaired) electrons. The van der Waals surface area contributed by atoms with E-state index in [1.54, 1.807) is 6.20 Å². The van der Waals surface area contributed by atoms with Crippen LogP contribution in [0, 0.1) is 0 Å². The first-order valence-electron chi connectivity index (χ1n) is 12.5. The van der Waals surface area contributed by atoms with E-state index in [4.69, 9.17) is 4.98 Å². The molecule has 8 nitrogen and oxygen atoms in total. The first-order valence-corrected chi connectivity index (χ1v) is 12.5. The van der Waals surface area contributed by atoms with Crippen molar-refractivity contribution in [2.75, 3.05) is 18.4 Å². The van der Waals surface area contributed by atoms with Gasteiger partial charge in [0.2, 0.25) is 5.95 Å². The Bertz CT molecular complexity index is 1470. The van der Waals surface area contributed by atoms with E-state index in [0.717, 1.165) is 55.8 Å². The third-order valence-corrected chi connectivity index (χ3v) is 6.88. The van der Waals surface area contributed by atoms with Gasteiger partial charge >= 0.3 is 0 Å². The molecule has 0 unspecified atom stereocenters. The number of hydrogen-bond donors (Lipinski definition) is 2. The van der Waals surface area contributed by atoms with E-state index >= 15 is 0 Å².